The molecule has 2 aromatic carbocycles. The number of amides is 1. The van der Waals surface area contributed by atoms with Gasteiger partial charge in [-0.2, -0.15) is 0 Å². The smallest absolute Gasteiger partial charge is 0.256 e. The van der Waals surface area contributed by atoms with Crippen molar-refractivity contribution in [3.63, 3.8) is 0 Å². The third kappa shape index (κ3) is 3.30. The first-order valence-corrected chi connectivity index (χ1v) is 7.64. The Hall–Kier alpha value is -2.11. The van der Waals surface area contributed by atoms with E-state index in [0.717, 1.165) is 11.6 Å². The quantitative estimate of drug-likeness (QED) is 0.857. The van der Waals surface area contributed by atoms with Gasteiger partial charge in [-0.1, -0.05) is 41.9 Å². The molecule has 0 spiro atoms. The van der Waals surface area contributed by atoms with Crippen molar-refractivity contribution in [3.8, 4) is 0 Å². The molecule has 0 radical (unpaired) electrons. The number of nitrogen functional groups attached to an aromatic ring is 1. The Balaban J connectivity index is 1.83. The zero-order valence-electron chi connectivity index (χ0n) is 12.3. The molecule has 0 saturated carbocycles. The highest BCUT2D eigenvalue weighted by molar-refractivity contribution is 6.31. The number of anilines is 1. The Kier molecular flexibility index (Phi) is 4.50. The van der Waals surface area contributed by atoms with Gasteiger partial charge in [-0.15, -0.1) is 0 Å². The summed E-state index contributed by atoms with van der Waals surface area (Å²) in [5.74, 6) is -1.03. The van der Waals surface area contributed by atoms with Crippen LogP contribution in [0.5, 0.6) is 0 Å². The fraction of sp³-hybridized carbons (Fsp3) is 0.235. The molecule has 1 saturated heterocycles. The van der Waals surface area contributed by atoms with Gasteiger partial charge >= 0.3 is 0 Å². The number of hydrogen-bond donors (Lipinski definition) is 1. The molecule has 0 bridgehead atoms. The van der Waals surface area contributed by atoms with E-state index < -0.39 is 5.82 Å². The average molecular weight is 335 g/mol. The molecular formula is C17H16ClFN2O2. The molecular weight excluding hydrogens is 319 g/mol. The van der Waals surface area contributed by atoms with Gasteiger partial charge in [0.1, 0.15) is 11.9 Å². The van der Waals surface area contributed by atoms with Gasteiger partial charge in [-0.3, -0.25) is 4.79 Å². The van der Waals surface area contributed by atoms with Crippen LogP contribution in [0.15, 0.2) is 42.5 Å². The molecule has 0 aromatic heterocycles. The number of benzene rings is 2. The van der Waals surface area contributed by atoms with Gasteiger partial charge in [0.05, 0.1) is 24.4 Å². The van der Waals surface area contributed by atoms with Crippen molar-refractivity contribution in [2.24, 2.45) is 0 Å². The molecule has 120 valence electrons. The highest BCUT2D eigenvalue weighted by Gasteiger charge is 2.27. The highest BCUT2D eigenvalue weighted by atomic mass is 35.5. The lowest BCUT2D eigenvalue weighted by Crippen LogP contribution is -2.42. The first kappa shape index (κ1) is 15.8. The molecule has 1 amide bonds. The van der Waals surface area contributed by atoms with E-state index in [2.05, 4.69) is 0 Å². The van der Waals surface area contributed by atoms with Crippen molar-refractivity contribution >= 4 is 23.2 Å². The number of nitrogens with two attached hydrogens (primary N) is 1. The van der Waals surface area contributed by atoms with Gasteiger partial charge in [-0.25, -0.2) is 4.39 Å². The molecule has 1 fully saturated rings. The molecule has 1 aliphatic heterocycles. The van der Waals surface area contributed by atoms with Crippen LogP contribution in [-0.4, -0.2) is 30.5 Å². The van der Waals surface area contributed by atoms with Crippen LogP contribution in [0.2, 0.25) is 5.02 Å². The topological polar surface area (TPSA) is 55.6 Å². The average Bonchev–Trinajstić information content (AvgIpc) is 2.58. The van der Waals surface area contributed by atoms with Crippen molar-refractivity contribution in [1.29, 1.82) is 0 Å². The highest BCUT2D eigenvalue weighted by Crippen LogP contribution is 2.27. The number of hydrogen-bond acceptors (Lipinski definition) is 3. The van der Waals surface area contributed by atoms with Crippen LogP contribution in [0.3, 0.4) is 0 Å². The zero-order valence-corrected chi connectivity index (χ0v) is 13.1. The van der Waals surface area contributed by atoms with Crippen LogP contribution in [0.4, 0.5) is 10.1 Å². The summed E-state index contributed by atoms with van der Waals surface area (Å²) >= 11 is 5.84. The third-order valence-electron chi connectivity index (χ3n) is 3.85. The van der Waals surface area contributed by atoms with Crippen LogP contribution in [0, 0.1) is 5.82 Å². The Morgan fingerprint density at radius 3 is 2.78 bits per heavy atom. The van der Waals surface area contributed by atoms with E-state index in [1.807, 2.05) is 30.3 Å². The van der Waals surface area contributed by atoms with E-state index in [1.54, 1.807) is 4.90 Å². The number of carbonyl (C=O) groups excluding carboxylic acids is 1. The lowest BCUT2D eigenvalue weighted by Gasteiger charge is -2.33. The van der Waals surface area contributed by atoms with Gasteiger partial charge in [0, 0.05) is 11.6 Å². The van der Waals surface area contributed by atoms with Gasteiger partial charge < -0.3 is 15.4 Å². The zero-order chi connectivity index (χ0) is 16.4. The minimum atomic E-state index is -0.686. The maximum Gasteiger partial charge on any atom is 0.256 e. The second kappa shape index (κ2) is 6.56. The first-order chi connectivity index (χ1) is 11.1. The lowest BCUT2D eigenvalue weighted by atomic mass is 10.1. The maximum atomic E-state index is 13.7. The molecule has 1 atom stereocenters. The Labute approximate surface area is 138 Å². The molecule has 6 heteroatoms. The third-order valence-corrected chi connectivity index (χ3v) is 4.07. The van der Waals surface area contributed by atoms with Gasteiger partial charge in [0.2, 0.25) is 0 Å². The van der Waals surface area contributed by atoms with E-state index >= 15 is 0 Å². The number of ether oxygens (including phenoxy) is 1. The second-order valence-electron chi connectivity index (χ2n) is 5.37. The van der Waals surface area contributed by atoms with Crippen molar-refractivity contribution in [3.05, 3.63) is 64.4 Å². The number of rotatable bonds is 2. The predicted molar refractivity (Wildman–Crippen MR) is 86.9 cm³/mol. The molecule has 1 aliphatic rings. The number of halogens is 2. The molecule has 1 heterocycles. The minimum Gasteiger partial charge on any atom is -0.396 e. The predicted octanol–water partition coefficient (Wildman–Crippen LogP) is 3.28. The van der Waals surface area contributed by atoms with Gasteiger partial charge in [0.25, 0.3) is 5.91 Å². The van der Waals surface area contributed by atoms with E-state index in [9.17, 15) is 9.18 Å². The van der Waals surface area contributed by atoms with E-state index in [0.29, 0.717) is 19.7 Å². The molecule has 2 aromatic rings. The first-order valence-electron chi connectivity index (χ1n) is 7.26. The van der Waals surface area contributed by atoms with Crippen LogP contribution in [0.1, 0.15) is 22.0 Å². The second-order valence-corrected chi connectivity index (χ2v) is 5.81. The summed E-state index contributed by atoms with van der Waals surface area (Å²) in [7, 11) is 0. The van der Waals surface area contributed by atoms with Crippen LogP contribution in [-0.2, 0) is 4.74 Å². The molecule has 4 nitrogen and oxygen atoms in total. The number of morpholine rings is 1. The summed E-state index contributed by atoms with van der Waals surface area (Å²) in [4.78, 5) is 14.3. The summed E-state index contributed by atoms with van der Waals surface area (Å²) in [5, 5.41) is 0.146. The molecule has 0 unspecified atom stereocenters. The van der Waals surface area contributed by atoms with Crippen LogP contribution >= 0.6 is 11.6 Å². The molecule has 23 heavy (non-hydrogen) atoms. The Bertz CT molecular complexity index is 724. The summed E-state index contributed by atoms with van der Waals surface area (Å²) in [6, 6.07) is 12.2. The van der Waals surface area contributed by atoms with Gasteiger partial charge in [0.15, 0.2) is 0 Å². The monoisotopic (exact) mass is 334 g/mol. The Morgan fingerprint density at radius 1 is 1.30 bits per heavy atom. The number of carbonyl (C=O) groups is 1. The van der Waals surface area contributed by atoms with Crippen LogP contribution < -0.4 is 5.73 Å². The fourth-order valence-electron chi connectivity index (χ4n) is 2.64. The molecule has 0 aliphatic carbocycles. The van der Waals surface area contributed by atoms with Crippen molar-refractivity contribution < 1.29 is 13.9 Å². The summed E-state index contributed by atoms with van der Waals surface area (Å²) < 4.78 is 19.4. The summed E-state index contributed by atoms with van der Waals surface area (Å²) in [6.45, 7) is 1.22. The summed E-state index contributed by atoms with van der Waals surface area (Å²) in [5.41, 5.74) is 6.60. The van der Waals surface area contributed by atoms with Crippen molar-refractivity contribution in [2.45, 2.75) is 6.10 Å². The largest absolute Gasteiger partial charge is 0.396 e. The lowest BCUT2D eigenvalue weighted by molar-refractivity contribution is -0.0228. The maximum absolute atomic E-state index is 13.7. The van der Waals surface area contributed by atoms with E-state index in [1.165, 1.54) is 6.07 Å². The fourth-order valence-corrected chi connectivity index (χ4v) is 2.84. The SMILES string of the molecule is Nc1c(F)cc(Cl)cc1C(=O)N1CCO[C@H](c2ccccc2)C1. The standard InChI is InChI=1S/C17H16ClFN2O2/c18-12-8-13(16(20)14(19)9-12)17(22)21-6-7-23-15(10-21)11-4-2-1-3-5-11/h1-5,8-9,15H,6-7,10,20H2/t15-/m0/s1. The number of nitrogens with zero attached hydrogens (tertiary/aromatic N) is 1. The normalized spacial score (nSPS) is 18.0. The van der Waals surface area contributed by atoms with Crippen LogP contribution in [0.25, 0.3) is 0 Å². The summed E-state index contributed by atoms with van der Waals surface area (Å²) in [6.07, 6.45) is -0.209. The van der Waals surface area contributed by atoms with E-state index in [-0.39, 0.29) is 28.3 Å². The molecule has 3 rings (SSSR count). The minimum absolute atomic E-state index is 0.0868. The van der Waals surface area contributed by atoms with E-state index in [4.69, 9.17) is 22.1 Å². The van der Waals surface area contributed by atoms with Crippen molar-refractivity contribution in [1.82, 2.24) is 4.90 Å². The van der Waals surface area contributed by atoms with Crippen molar-refractivity contribution in [2.75, 3.05) is 25.4 Å². The molecule has 2 N–H and O–H groups in total. The van der Waals surface area contributed by atoms with Gasteiger partial charge in [-0.05, 0) is 17.7 Å². The Morgan fingerprint density at radius 2 is 2.04 bits per heavy atom.